The van der Waals surface area contributed by atoms with Gasteiger partial charge in [-0.2, -0.15) is 0 Å². The third-order valence-corrected chi connectivity index (χ3v) is 5.41. The first kappa shape index (κ1) is 16.4. The van der Waals surface area contributed by atoms with E-state index in [1.54, 1.807) is 7.11 Å². The van der Waals surface area contributed by atoms with Crippen molar-refractivity contribution in [1.29, 1.82) is 0 Å². The SMILES string of the molecule is CCCCCC[C@]1(C)CC[C@H](c2ccc(OC)cc2)CC1. The van der Waals surface area contributed by atoms with Gasteiger partial charge in [0, 0.05) is 0 Å². The first-order valence-corrected chi connectivity index (χ1v) is 8.81. The van der Waals surface area contributed by atoms with Gasteiger partial charge in [0.05, 0.1) is 7.11 Å². The van der Waals surface area contributed by atoms with Crippen molar-refractivity contribution in [3.05, 3.63) is 29.8 Å². The summed E-state index contributed by atoms with van der Waals surface area (Å²) in [5.41, 5.74) is 2.11. The van der Waals surface area contributed by atoms with Crippen LogP contribution in [-0.2, 0) is 0 Å². The molecule has 1 fully saturated rings. The molecule has 0 amide bonds. The number of methoxy groups -OCH3 is 1. The van der Waals surface area contributed by atoms with E-state index in [-0.39, 0.29) is 0 Å². The van der Waals surface area contributed by atoms with Crippen LogP contribution in [-0.4, -0.2) is 7.11 Å². The van der Waals surface area contributed by atoms with Crippen LogP contribution < -0.4 is 4.74 Å². The van der Waals surface area contributed by atoms with E-state index in [0.717, 1.165) is 11.7 Å². The Bertz CT molecular complexity index is 398. The van der Waals surface area contributed by atoms with Crippen molar-refractivity contribution in [2.24, 2.45) is 5.41 Å². The topological polar surface area (TPSA) is 9.23 Å². The summed E-state index contributed by atoms with van der Waals surface area (Å²) in [6.45, 7) is 4.81. The van der Waals surface area contributed by atoms with Crippen LogP contribution in [0.15, 0.2) is 24.3 Å². The van der Waals surface area contributed by atoms with Gasteiger partial charge >= 0.3 is 0 Å². The summed E-state index contributed by atoms with van der Waals surface area (Å²) < 4.78 is 5.25. The number of hydrogen-bond acceptors (Lipinski definition) is 1. The third-order valence-electron chi connectivity index (χ3n) is 5.41. The molecule has 0 heterocycles. The lowest BCUT2D eigenvalue weighted by molar-refractivity contribution is 0.178. The van der Waals surface area contributed by atoms with Gasteiger partial charge in [-0.05, 0) is 61.1 Å². The van der Waals surface area contributed by atoms with Crippen LogP contribution in [0.25, 0.3) is 0 Å². The van der Waals surface area contributed by atoms with Crippen LogP contribution in [0.3, 0.4) is 0 Å². The lowest BCUT2D eigenvalue weighted by atomic mass is 9.68. The van der Waals surface area contributed by atoms with Crippen LogP contribution in [0, 0.1) is 5.41 Å². The molecule has 1 aliphatic carbocycles. The van der Waals surface area contributed by atoms with Crippen LogP contribution in [0.1, 0.15) is 83.1 Å². The molecule has 1 heteroatoms. The molecule has 1 aromatic rings. The molecule has 0 aliphatic heterocycles. The zero-order valence-corrected chi connectivity index (χ0v) is 14.2. The zero-order valence-electron chi connectivity index (χ0n) is 14.2. The summed E-state index contributed by atoms with van der Waals surface area (Å²) in [5, 5.41) is 0. The molecule has 0 unspecified atom stereocenters. The van der Waals surface area contributed by atoms with Gasteiger partial charge in [-0.25, -0.2) is 0 Å². The fourth-order valence-corrected chi connectivity index (χ4v) is 3.75. The Morgan fingerprint density at radius 3 is 2.29 bits per heavy atom. The fourth-order valence-electron chi connectivity index (χ4n) is 3.75. The molecule has 0 radical (unpaired) electrons. The number of hydrogen-bond donors (Lipinski definition) is 0. The highest BCUT2D eigenvalue weighted by Gasteiger charge is 2.30. The maximum absolute atomic E-state index is 5.25. The summed E-state index contributed by atoms with van der Waals surface area (Å²) in [6.07, 6.45) is 12.5. The molecule has 0 spiro atoms. The number of benzene rings is 1. The van der Waals surface area contributed by atoms with Crippen molar-refractivity contribution in [2.45, 2.75) is 77.6 Å². The fraction of sp³-hybridized carbons (Fsp3) is 0.700. The predicted octanol–water partition coefficient (Wildman–Crippen LogP) is 6.33. The van der Waals surface area contributed by atoms with E-state index in [0.29, 0.717) is 5.41 Å². The second-order valence-electron chi connectivity index (χ2n) is 7.17. The van der Waals surface area contributed by atoms with Crippen molar-refractivity contribution >= 4 is 0 Å². The number of ether oxygens (including phenoxy) is 1. The summed E-state index contributed by atoms with van der Waals surface area (Å²) in [7, 11) is 1.74. The smallest absolute Gasteiger partial charge is 0.118 e. The average molecular weight is 288 g/mol. The Kier molecular flexibility index (Phi) is 6.14. The Balaban J connectivity index is 1.81. The molecule has 0 bridgehead atoms. The molecule has 21 heavy (non-hydrogen) atoms. The van der Waals surface area contributed by atoms with Gasteiger partial charge < -0.3 is 4.74 Å². The van der Waals surface area contributed by atoms with Crippen molar-refractivity contribution in [3.63, 3.8) is 0 Å². The average Bonchev–Trinajstić information content (AvgIpc) is 2.53. The van der Waals surface area contributed by atoms with Crippen LogP contribution >= 0.6 is 0 Å². The quantitative estimate of drug-likeness (QED) is 0.533. The van der Waals surface area contributed by atoms with Crippen LogP contribution in [0.4, 0.5) is 0 Å². The minimum atomic E-state index is 0.608. The van der Waals surface area contributed by atoms with Gasteiger partial charge in [0.15, 0.2) is 0 Å². The van der Waals surface area contributed by atoms with Gasteiger partial charge in [-0.3, -0.25) is 0 Å². The monoisotopic (exact) mass is 288 g/mol. The first-order valence-electron chi connectivity index (χ1n) is 8.81. The third kappa shape index (κ3) is 4.76. The highest BCUT2D eigenvalue weighted by atomic mass is 16.5. The molecule has 1 nitrogen and oxygen atoms in total. The van der Waals surface area contributed by atoms with Crippen molar-refractivity contribution in [3.8, 4) is 5.75 Å². The van der Waals surface area contributed by atoms with E-state index >= 15 is 0 Å². The highest BCUT2D eigenvalue weighted by Crippen LogP contribution is 2.45. The van der Waals surface area contributed by atoms with Gasteiger partial charge in [-0.1, -0.05) is 51.7 Å². The second kappa shape index (κ2) is 7.87. The zero-order chi connectivity index (χ0) is 15.1. The summed E-state index contributed by atoms with van der Waals surface area (Å²) in [6, 6.07) is 8.72. The van der Waals surface area contributed by atoms with E-state index in [1.165, 1.54) is 63.4 Å². The van der Waals surface area contributed by atoms with Gasteiger partial charge in [0.2, 0.25) is 0 Å². The predicted molar refractivity (Wildman–Crippen MR) is 91.1 cm³/mol. The maximum atomic E-state index is 5.25. The number of unbranched alkanes of at least 4 members (excludes halogenated alkanes) is 3. The van der Waals surface area contributed by atoms with Gasteiger partial charge in [-0.15, -0.1) is 0 Å². The molecule has 118 valence electrons. The normalized spacial score (nSPS) is 25.8. The molecule has 2 rings (SSSR count). The standard InChI is InChI=1S/C20H32O/c1-4-5-6-7-14-20(2)15-12-18(13-16-20)17-8-10-19(21-3)11-9-17/h8-11,18H,4-7,12-16H2,1-3H3/t18-,20+. The van der Waals surface area contributed by atoms with Gasteiger partial charge in [0.25, 0.3) is 0 Å². The van der Waals surface area contributed by atoms with Crippen molar-refractivity contribution < 1.29 is 4.74 Å². The minimum absolute atomic E-state index is 0.608. The second-order valence-corrected chi connectivity index (χ2v) is 7.17. The minimum Gasteiger partial charge on any atom is -0.497 e. The van der Waals surface area contributed by atoms with E-state index < -0.39 is 0 Å². The molecule has 1 aliphatic rings. The van der Waals surface area contributed by atoms with E-state index in [9.17, 15) is 0 Å². The Morgan fingerprint density at radius 2 is 1.71 bits per heavy atom. The largest absolute Gasteiger partial charge is 0.497 e. The Hall–Kier alpha value is -0.980. The Morgan fingerprint density at radius 1 is 1.05 bits per heavy atom. The molecule has 0 N–H and O–H groups in total. The maximum Gasteiger partial charge on any atom is 0.118 e. The van der Waals surface area contributed by atoms with Crippen LogP contribution in [0.5, 0.6) is 5.75 Å². The molecule has 0 saturated heterocycles. The molecule has 0 atom stereocenters. The van der Waals surface area contributed by atoms with E-state index in [4.69, 9.17) is 4.74 Å². The first-order chi connectivity index (χ1) is 10.2. The Labute approximate surface area is 131 Å². The van der Waals surface area contributed by atoms with E-state index in [2.05, 4.69) is 38.1 Å². The van der Waals surface area contributed by atoms with Crippen LogP contribution in [0.2, 0.25) is 0 Å². The number of rotatable bonds is 7. The lowest BCUT2D eigenvalue weighted by Crippen LogP contribution is -2.23. The van der Waals surface area contributed by atoms with Gasteiger partial charge in [0.1, 0.15) is 5.75 Å². The molecular formula is C20H32O. The summed E-state index contributed by atoms with van der Waals surface area (Å²) in [4.78, 5) is 0. The molecule has 0 aromatic heterocycles. The van der Waals surface area contributed by atoms with Crippen molar-refractivity contribution in [1.82, 2.24) is 0 Å². The molecule has 1 saturated carbocycles. The summed E-state index contributed by atoms with van der Waals surface area (Å²) >= 11 is 0. The summed E-state index contributed by atoms with van der Waals surface area (Å²) in [5.74, 6) is 1.73. The van der Waals surface area contributed by atoms with E-state index in [1.807, 2.05) is 0 Å². The molecule has 1 aromatic carbocycles. The highest BCUT2D eigenvalue weighted by molar-refractivity contribution is 5.29. The molecular weight excluding hydrogens is 256 g/mol. The van der Waals surface area contributed by atoms with Crippen molar-refractivity contribution in [2.75, 3.05) is 7.11 Å². The lowest BCUT2D eigenvalue weighted by Gasteiger charge is -2.38.